The number of amides is 1. The maximum atomic E-state index is 13.4. The summed E-state index contributed by atoms with van der Waals surface area (Å²) in [6, 6.07) is 15.4. The van der Waals surface area contributed by atoms with Crippen molar-refractivity contribution >= 4 is 28.3 Å². The SMILES string of the molecule is COc1ccc(C(=O)c2oc3ccc(NC(=O)c4cccc(F)c4)cc3c2C)cc1OC. The van der Waals surface area contributed by atoms with Gasteiger partial charge in [0.05, 0.1) is 14.2 Å². The minimum atomic E-state index is -0.489. The number of hydrogen-bond acceptors (Lipinski definition) is 5. The fourth-order valence-electron chi connectivity index (χ4n) is 3.46. The van der Waals surface area contributed by atoms with E-state index in [1.165, 1.54) is 32.4 Å². The summed E-state index contributed by atoms with van der Waals surface area (Å²) in [5.41, 5.74) is 2.25. The molecule has 6 nitrogen and oxygen atoms in total. The number of ketones is 1. The van der Waals surface area contributed by atoms with E-state index in [4.69, 9.17) is 13.9 Å². The number of halogens is 1. The lowest BCUT2D eigenvalue weighted by atomic mass is 10.0. The van der Waals surface area contributed by atoms with Crippen molar-refractivity contribution in [3.8, 4) is 11.5 Å². The van der Waals surface area contributed by atoms with Gasteiger partial charge in [-0.15, -0.1) is 0 Å². The number of rotatable bonds is 6. The Morgan fingerprint density at radius 3 is 2.41 bits per heavy atom. The van der Waals surface area contributed by atoms with Crippen molar-refractivity contribution in [2.75, 3.05) is 19.5 Å². The topological polar surface area (TPSA) is 77.8 Å². The molecule has 7 heteroatoms. The van der Waals surface area contributed by atoms with Crippen LogP contribution in [0.5, 0.6) is 11.5 Å². The molecule has 0 fully saturated rings. The summed E-state index contributed by atoms with van der Waals surface area (Å²) in [5.74, 6) is -0.0759. The molecule has 0 unspecified atom stereocenters. The first-order valence-corrected chi connectivity index (χ1v) is 9.78. The Kier molecular flexibility index (Phi) is 5.64. The van der Waals surface area contributed by atoms with Crippen LogP contribution in [0.15, 0.2) is 65.1 Å². The second-order valence-corrected chi connectivity index (χ2v) is 7.13. The molecule has 0 saturated heterocycles. The zero-order chi connectivity index (χ0) is 22.8. The standard InChI is InChI=1S/C25H20FNO5/c1-14-19-13-18(27-25(29)16-5-4-6-17(26)11-16)8-10-20(19)32-24(14)23(28)15-7-9-21(30-2)22(12-15)31-3/h4-13H,1-3H3,(H,27,29). The number of carbonyl (C=O) groups is 2. The van der Waals surface area contributed by atoms with Crippen LogP contribution in [-0.2, 0) is 0 Å². The van der Waals surface area contributed by atoms with Crippen molar-refractivity contribution in [3.63, 3.8) is 0 Å². The van der Waals surface area contributed by atoms with Gasteiger partial charge in [0.15, 0.2) is 17.3 Å². The highest BCUT2D eigenvalue weighted by atomic mass is 19.1. The second kappa shape index (κ2) is 8.55. The predicted octanol–water partition coefficient (Wildman–Crippen LogP) is 5.38. The van der Waals surface area contributed by atoms with E-state index in [1.807, 2.05) is 0 Å². The smallest absolute Gasteiger partial charge is 0.255 e. The molecule has 0 aliphatic rings. The molecule has 162 valence electrons. The molecular formula is C25H20FNO5. The number of furan rings is 1. The van der Waals surface area contributed by atoms with Crippen LogP contribution in [0.4, 0.5) is 10.1 Å². The van der Waals surface area contributed by atoms with Crippen molar-refractivity contribution in [2.24, 2.45) is 0 Å². The first-order chi connectivity index (χ1) is 15.4. The number of ether oxygens (including phenoxy) is 2. The molecule has 0 bridgehead atoms. The average molecular weight is 433 g/mol. The predicted molar refractivity (Wildman–Crippen MR) is 118 cm³/mol. The molecule has 4 aromatic rings. The summed E-state index contributed by atoms with van der Waals surface area (Å²) in [6.07, 6.45) is 0. The molecular weight excluding hydrogens is 413 g/mol. The van der Waals surface area contributed by atoms with Gasteiger partial charge in [-0.25, -0.2) is 4.39 Å². The first kappa shape index (κ1) is 21.1. The molecule has 4 rings (SSSR count). The molecule has 1 N–H and O–H groups in total. The molecule has 0 aliphatic carbocycles. The van der Waals surface area contributed by atoms with E-state index >= 15 is 0 Å². The number of benzene rings is 3. The second-order valence-electron chi connectivity index (χ2n) is 7.13. The van der Waals surface area contributed by atoms with Crippen molar-refractivity contribution in [2.45, 2.75) is 6.92 Å². The summed E-state index contributed by atoms with van der Waals surface area (Å²) in [4.78, 5) is 25.5. The van der Waals surface area contributed by atoms with Crippen LogP contribution in [-0.4, -0.2) is 25.9 Å². The van der Waals surface area contributed by atoms with Gasteiger partial charge in [-0.3, -0.25) is 9.59 Å². The van der Waals surface area contributed by atoms with E-state index in [0.717, 1.165) is 6.07 Å². The molecule has 3 aromatic carbocycles. The van der Waals surface area contributed by atoms with E-state index in [2.05, 4.69) is 5.32 Å². The van der Waals surface area contributed by atoms with E-state index in [-0.39, 0.29) is 17.1 Å². The van der Waals surface area contributed by atoms with E-state index in [1.54, 1.807) is 43.3 Å². The third kappa shape index (κ3) is 3.92. The van der Waals surface area contributed by atoms with Gasteiger partial charge in [-0.1, -0.05) is 6.07 Å². The Morgan fingerprint density at radius 2 is 1.69 bits per heavy atom. The molecule has 0 spiro atoms. The van der Waals surface area contributed by atoms with Gasteiger partial charge in [-0.2, -0.15) is 0 Å². The van der Waals surface area contributed by atoms with Crippen LogP contribution in [0.2, 0.25) is 0 Å². The zero-order valence-corrected chi connectivity index (χ0v) is 17.7. The van der Waals surface area contributed by atoms with Crippen molar-refractivity contribution in [3.05, 3.63) is 88.9 Å². The Morgan fingerprint density at radius 1 is 0.906 bits per heavy atom. The molecule has 0 saturated carbocycles. The Hall–Kier alpha value is -4.13. The normalized spacial score (nSPS) is 10.8. The van der Waals surface area contributed by atoms with Gasteiger partial charge in [0, 0.05) is 27.8 Å². The lowest BCUT2D eigenvalue weighted by Crippen LogP contribution is -2.11. The minimum Gasteiger partial charge on any atom is -0.493 e. The molecule has 1 heterocycles. The number of anilines is 1. The molecule has 1 amide bonds. The zero-order valence-electron chi connectivity index (χ0n) is 17.7. The van der Waals surface area contributed by atoms with Crippen molar-refractivity contribution in [1.29, 1.82) is 0 Å². The third-order valence-electron chi connectivity index (χ3n) is 5.13. The summed E-state index contributed by atoms with van der Waals surface area (Å²) in [7, 11) is 3.02. The lowest BCUT2D eigenvalue weighted by Gasteiger charge is -2.08. The highest BCUT2D eigenvalue weighted by molar-refractivity contribution is 6.11. The Labute approximate surface area is 183 Å². The van der Waals surface area contributed by atoms with Gasteiger partial charge in [-0.05, 0) is 61.5 Å². The Bertz CT molecular complexity index is 1340. The van der Waals surface area contributed by atoms with E-state index in [9.17, 15) is 14.0 Å². The number of nitrogens with one attached hydrogen (secondary N) is 1. The number of methoxy groups -OCH3 is 2. The van der Waals surface area contributed by atoms with Gasteiger partial charge in [0.1, 0.15) is 11.4 Å². The monoisotopic (exact) mass is 433 g/mol. The van der Waals surface area contributed by atoms with Crippen molar-refractivity contribution in [1.82, 2.24) is 0 Å². The molecule has 0 radical (unpaired) electrons. The average Bonchev–Trinajstić information content (AvgIpc) is 3.14. The number of carbonyl (C=O) groups excluding carboxylic acids is 2. The minimum absolute atomic E-state index is 0.195. The van der Waals surface area contributed by atoms with Crippen molar-refractivity contribution < 1.29 is 27.9 Å². The largest absolute Gasteiger partial charge is 0.493 e. The number of aryl methyl sites for hydroxylation is 1. The van der Waals surface area contributed by atoms with Gasteiger partial charge < -0.3 is 19.2 Å². The van der Waals surface area contributed by atoms with Crippen LogP contribution in [0.1, 0.15) is 32.0 Å². The summed E-state index contributed by atoms with van der Waals surface area (Å²) < 4.78 is 29.7. The summed E-state index contributed by atoms with van der Waals surface area (Å²) >= 11 is 0. The van der Waals surface area contributed by atoms with Crippen LogP contribution in [0, 0.1) is 12.7 Å². The lowest BCUT2D eigenvalue weighted by molar-refractivity contribution is 0.101. The van der Waals surface area contributed by atoms with Gasteiger partial charge >= 0.3 is 0 Å². The number of fused-ring (bicyclic) bond motifs is 1. The first-order valence-electron chi connectivity index (χ1n) is 9.78. The highest BCUT2D eigenvalue weighted by Crippen LogP contribution is 2.32. The number of hydrogen-bond donors (Lipinski definition) is 1. The fraction of sp³-hybridized carbons (Fsp3) is 0.120. The van der Waals surface area contributed by atoms with E-state index < -0.39 is 11.7 Å². The van der Waals surface area contributed by atoms with Crippen LogP contribution in [0.3, 0.4) is 0 Å². The molecule has 0 atom stereocenters. The molecule has 32 heavy (non-hydrogen) atoms. The molecule has 0 aliphatic heterocycles. The van der Waals surface area contributed by atoms with Gasteiger partial charge in [0.2, 0.25) is 5.78 Å². The third-order valence-corrected chi connectivity index (χ3v) is 5.13. The van der Waals surface area contributed by atoms with Crippen LogP contribution >= 0.6 is 0 Å². The maximum absolute atomic E-state index is 13.4. The highest BCUT2D eigenvalue weighted by Gasteiger charge is 2.21. The maximum Gasteiger partial charge on any atom is 0.255 e. The molecule has 1 aromatic heterocycles. The van der Waals surface area contributed by atoms with Gasteiger partial charge in [0.25, 0.3) is 5.91 Å². The summed E-state index contributed by atoms with van der Waals surface area (Å²) in [5, 5.41) is 3.43. The van der Waals surface area contributed by atoms with Crippen LogP contribution in [0.25, 0.3) is 11.0 Å². The Balaban J connectivity index is 1.64. The quantitative estimate of drug-likeness (QED) is 0.413. The summed E-state index contributed by atoms with van der Waals surface area (Å²) in [6.45, 7) is 1.78. The van der Waals surface area contributed by atoms with E-state index in [0.29, 0.717) is 39.3 Å². The fourth-order valence-corrected chi connectivity index (χ4v) is 3.46. The van der Waals surface area contributed by atoms with Crippen LogP contribution < -0.4 is 14.8 Å².